The number of fused-ring (bicyclic) bond motifs is 2. The average Bonchev–Trinajstić information content (AvgIpc) is 4.01. The van der Waals surface area contributed by atoms with E-state index in [1.54, 1.807) is 29.4 Å². The minimum absolute atomic E-state index is 0.216. The molecule has 4 amide bonds. The molecule has 6 rings (SSSR count). The Morgan fingerprint density at radius 2 is 1.46 bits per heavy atom. The number of H-pyrrole nitrogens is 2. The topological polar surface area (TPSA) is 202 Å². The Morgan fingerprint density at radius 3 is 2.11 bits per heavy atom. The standard InChI is InChI=1S/C40H46N8O8/c1-5-10-26(46-39(51)53-3)37(49)41-18-8-7-13-35-42-22-28(44-35)24-14-16-31-33(20-24)55-32-17-15-25(21-34(32)56-31)29-23-43-36(45-29)30-12-9-19-48(30)38(50)27(11-6-2)47-40(52)54-4/h5-6,14-17,20-23,26-27,30H,1-2,7-13,18-19H2,3-4H3,(H,41,49)(H,42,44)(H,43,45)(H,46,51)(H,47,52)/t26-,27-,30-/m0/s1. The molecule has 2 aliphatic rings. The number of benzene rings is 2. The van der Waals surface area contributed by atoms with Gasteiger partial charge in [-0.05, 0) is 74.9 Å². The molecule has 2 aliphatic heterocycles. The minimum atomic E-state index is -0.782. The van der Waals surface area contributed by atoms with Crippen LogP contribution in [0.1, 0.15) is 56.2 Å². The fourth-order valence-corrected chi connectivity index (χ4v) is 6.66. The van der Waals surface area contributed by atoms with Gasteiger partial charge in [-0.15, -0.1) is 13.2 Å². The third-order valence-electron chi connectivity index (χ3n) is 9.54. The van der Waals surface area contributed by atoms with E-state index in [9.17, 15) is 19.2 Å². The van der Waals surface area contributed by atoms with Crippen LogP contribution in [0.2, 0.25) is 0 Å². The molecule has 294 valence electrons. The summed E-state index contributed by atoms with van der Waals surface area (Å²) >= 11 is 0. The zero-order chi connectivity index (χ0) is 39.6. The van der Waals surface area contributed by atoms with E-state index in [4.69, 9.17) is 14.2 Å². The summed E-state index contributed by atoms with van der Waals surface area (Å²) in [6, 6.07) is 9.53. The van der Waals surface area contributed by atoms with Crippen LogP contribution in [0.3, 0.4) is 0 Å². The predicted molar refractivity (Wildman–Crippen MR) is 206 cm³/mol. The van der Waals surface area contributed by atoms with Gasteiger partial charge in [0, 0.05) is 30.6 Å². The van der Waals surface area contributed by atoms with Crippen molar-refractivity contribution in [1.29, 1.82) is 0 Å². The van der Waals surface area contributed by atoms with Gasteiger partial charge in [-0.3, -0.25) is 9.59 Å². The Hall–Kier alpha value is -6.58. The monoisotopic (exact) mass is 766 g/mol. The Labute approximate surface area is 324 Å². The second-order valence-corrected chi connectivity index (χ2v) is 13.3. The van der Waals surface area contributed by atoms with Gasteiger partial charge in [0.05, 0.1) is 44.0 Å². The Kier molecular flexibility index (Phi) is 12.7. The van der Waals surface area contributed by atoms with Crippen molar-refractivity contribution >= 4 is 24.0 Å². The summed E-state index contributed by atoms with van der Waals surface area (Å²) in [4.78, 5) is 67.0. The molecule has 4 heterocycles. The predicted octanol–water partition coefficient (Wildman–Crippen LogP) is 6.07. The van der Waals surface area contributed by atoms with Gasteiger partial charge in [0.25, 0.3) is 0 Å². The summed E-state index contributed by atoms with van der Waals surface area (Å²) in [7, 11) is 2.50. The molecule has 0 spiro atoms. The number of aromatic amines is 2. The van der Waals surface area contributed by atoms with Gasteiger partial charge in [-0.2, -0.15) is 0 Å². The number of hydrogen-bond acceptors (Lipinski definition) is 10. The van der Waals surface area contributed by atoms with Crippen LogP contribution in [0.15, 0.2) is 74.1 Å². The van der Waals surface area contributed by atoms with Crippen LogP contribution in [-0.2, 0) is 25.5 Å². The van der Waals surface area contributed by atoms with Gasteiger partial charge < -0.3 is 49.8 Å². The number of methoxy groups -OCH3 is 2. The molecule has 2 aromatic carbocycles. The zero-order valence-corrected chi connectivity index (χ0v) is 31.4. The van der Waals surface area contributed by atoms with Crippen molar-refractivity contribution in [2.24, 2.45) is 0 Å². The number of rotatable bonds is 16. The van der Waals surface area contributed by atoms with Crippen molar-refractivity contribution in [3.63, 3.8) is 0 Å². The highest BCUT2D eigenvalue weighted by Gasteiger charge is 2.36. The molecule has 5 N–H and O–H groups in total. The lowest BCUT2D eigenvalue weighted by Gasteiger charge is -2.27. The number of amides is 4. The van der Waals surface area contributed by atoms with Crippen LogP contribution in [-0.4, -0.2) is 88.2 Å². The number of aromatic nitrogens is 4. The summed E-state index contributed by atoms with van der Waals surface area (Å²) in [5, 5.41) is 7.96. The normalized spacial score (nSPS) is 15.2. The Morgan fingerprint density at radius 1 is 0.857 bits per heavy atom. The number of carbonyl (C=O) groups is 4. The maximum Gasteiger partial charge on any atom is 0.407 e. The summed E-state index contributed by atoms with van der Waals surface area (Å²) in [6.45, 7) is 8.36. The quantitative estimate of drug-likeness (QED) is 0.0580. The number of likely N-dealkylation sites (tertiary alicyclic amines) is 1. The van der Waals surface area contributed by atoms with Gasteiger partial charge in [0.2, 0.25) is 11.8 Å². The van der Waals surface area contributed by atoms with Gasteiger partial charge in [0.15, 0.2) is 23.0 Å². The van der Waals surface area contributed by atoms with E-state index < -0.39 is 24.3 Å². The molecule has 0 radical (unpaired) electrons. The first-order valence-electron chi connectivity index (χ1n) is 18.4. The molecule has 1 fully saturated rings. The van der Waals surface area contributed by atoms with Crippen LogP contribution in [0.25, 0.3) is 22.5 Å². The molecule has 0 unspecified atom stereocenters. The highest BCUT2D eigenvalue weighted by atomic mass is 16.6. The maximum absolute atomic E-state index is 13.5. The minimum Gasteiger partial charge on any atom is -0.453 e. The lowest BCUT2D eigenvalue weighted by atomic mass is 10.1. The largest absolute Gasteiger partial charge is 0.453 e. The van der Waals surface area contributed by atoms with Gasteiger partial charge in [-0.1, -0.05) is 12.2 Å². The fraction of sp³-hybridized carbons (Fsp3) is 0.350. The summed E-state index contributed by atoms with van der Waals surface area (Å²) in [6.07, 6.45) is 9.63. The average molecular weight is 767 g/mol. The Bertz CT molecular complexity index is 2080. The third kappa shape index (κ3) is 9.19. The van der Waals surface area contributed by atoms with Crippen molar-refractivity contribution in [1.82, 2.24) is 40.8 Å². The number of hydrogen-bond donors (Lipinski definition) is 5. The molecular formula is C40H46N8O8. The molecular weight excluding hydrogens is 720 g/mol. The number of nitrogens with zero attached hydrogens (tertiary/aromatic N) is 3. The van der Waals surface area contributed by atoms with E-state index in [2.05, 4.69) is 53.8 Å². The second-order valence-electron chi connectivity index (χ2n) is 13.3. The molecule has 0 bridgehead atoms. The van der Waals surface area contributed by atoms with Gasteiger partial charge in [-0.25, -0.2) is 19.6 Å². The maximum atomic E-state index is 13.5. The van der Waals surface area contributed by atoms with Gasteiger partial charge >= 0.3 is 12.2 Å². The zero-order valence-electron chi connectivity index (χ0n) is 31.4. The number of ether oxygens (including phenoxy) is 4. The number of unbranched alkanes of at least 4 members (excludes halogenated alkanes) is 1. The molecule has 0 saturated carbocycles. The number of aryl methyl sites for hydroxylation is 1. The van der Waals surface area contributed by atoms with E-state index in [-0.39, 0.29) is 24.3 Å². The number of alkyl carbamates (subject to hydrolysis) is 2. The molecule has 16 heteroatoms. The van der Waals surface area contributed by atoms with Crippen molar-refractivity contribution in [3.05, 3.63) is 85.8 Å². The van der Waals surface area contributed by atoms with Crippen molar-refractivity contribution in [3.8, 4) is 45.5 Å². The highest BCUT2D eigenvalue weighted by Crippen LogP contribution is 2.47. The van der Waals surface area contributed by atoms with Crippen molar-refractivity contribution in [2.75, 3.05) is 27.3 Å². The van der Waals surface area contributed by atoms with E-state index >= 15 is 0 Å². The van der Waals surface area contributed by atoms with Crippen LogP contribution in [0.4, 0.5) is 9.59 Å². The molecule has 3 atom stereocenters. The summed E-state index contributed by atoms with van der Waals surface area (Å²) in [5.74, 6) is 3.21. The van der Waals surface area contributed by atoms with Gasteiger partial charge in [0.1, 0.15) is 23.7 Å². The van der Waals surface area contributed by atoms with Crippen molar-refractivity contribution < 1.29 is 38.1 Å². The Balaban J connectivity index is 1.03. The summed E-state index contributed by atoms with van der Waals surface area (Å²) < 4.78 is 21.8. The molecule has 1 saturated heterocycles. The molecule has 56 heavy (non-hydrogen) atoms. The second kappa shape index (κ2) is 18.2. The lowest BCUT2D eigenvalue weighted by molar-refractivity contribution is -0.134. The smallest absolute Gasteiger partial charge is 0.407 e. The molecule has 4 aromatic rings. The molecule has 2 aromatic heterocycles. The number of carbonyl (C=O) groups excluding carboxylic acids is 4. The van der Waals surface area contributed by atoms with Crippen LogP contribution >= 0.6 is 0 Å². The van der Waals surface area contributed by atoms with E-state index in [0.717, 1.165) is 54.0 Å². The number of imidazole rings is 2. The van der Waals surface area contributed by atoms with Crippen LogP contribution in [0, 0.1) is 0 Å². The van der Waals surface area contributed by atoms with E-state index in [0.29, 0.717) is 54.8 Å². The first-order chi connectivity index (χ1) is 27.2. The van der Waals surface area contributed by atoms with Crippen LogP contribution in [0.5, 0.6) is 23.0 Å². The first kappa shape index (κ1) is 39.1. The summed E-state index contributed by atoms with van der Waals surface area (Å²) in [5.41, 5.74) is 3.30. The van der Waals surface area contributed by atoms with E-state index in [1.807, 2.05) is 36.4 Å². The van der Waals surface area contributed by atoms with Crippen molar-refractivity contribution in [2.45, 2.75) is 63.1 Å². The highest BCUT2D eigenvalue weighted by molar-refractivity contribution is 5.87. The third-order valence-corrected chi connectivity index (χ3v) is 9.54. The molecule has 16 nitrogen and oxygen atoms in total. The first-order valence-corrected chi connectivity index (χ1v) is 18.4. The molecule has 0 aliphatic carbocycles. The SMILES string of the molecule is C=CC[C@H](NC(=O)OC)C(=O)NCCCCc1ncc(-c2ccc3c(c2)Oc2ccc(-c4cnc([C@@H]5CCCN5C(=O)[C@H](CC=C)NC(=O)OC)[nH]4)cc2O3)[nH]1. The van der Waals surface area contributed by atoms with E-state index in [1.165, 1.54) is 14.2 Å². The van der Waals surface area contributed by atoms with Crippen LogP contribution < -0.4 is 25.4 Å². The number of nitrogens with one attached hydrogen (secondary N) is 5. The fourth-order valence-electron chi connectivity index (χ4n) is 6.66. The lowest BCUT2D eigenvalue weighted by Crippen LogP contribution is -2.48.